The highest BCUT2D eigenvalue weighted by molar-refractivity contribution is 5.78. The lowest BCUT2D eigenvalue weighted by atomic mass is 10.1. The van der Waals surface area contributed by atoms with Gasteiger partial charge >= 0.3 is 5.97 Å². The predicted octanol–water partition coefficient (Wildman–Crippen LogP) is 1.60. The lowest BCUT2D eigenvalue weighted by molar-refractivity contribution is -0.139. The van der Waals surface area contributed by atoms with Gasteiger partial charge in [-0.25, -0.2) is 0 Å². The Morgan fingerprint density at radius 1 is 1.20 bits per heavy atom. The normalized spacial score (nSPS) is 10.8. The molecule has 0 aromatic rings. The van der Waals surface area contributed by atoms with Crippen molar-refractivity contribution in [3.8, 4) is 0 Å². The minimum Gasteiger partial charge on any atom is -0.481 e. The number of carbonyl (C=O) groups excluding carboxylic acids is 1. The zero-order valence-corrected chi connectivity index (χ0v) is 9.99. The van der Waals surface area contributed by atoms with Crippen molar-refractivity contribution in [2.45, 2.75) is 34.1 Å². The van der Waals surface area contributed by atoms with Crippen LogP contribution in [0.25, 0.3) is 0 Å². The molecule has 1 amide bonds. The number of nitrogens with zero attached hydrogens (tertiary/aromatic N) is 1. The molecule has 0 atom stereocenters. The molecule has 0 bridgehead atoms. The maximum atomic E-state index is 11.7. The highest BCUT2D eigenvalue weighted by Crippen LogP contribution is 2.06. The second-order valence-corrected chi connectivity index (χ2v) is 4.48. The second-order valence-electron chi connectivity index (χ2n) is 4.48. The van der Waals surface area contributed by atoms with Gasteiger partial charge in [0.25, 0.3) is 0 Å². The average molecular weight is 215 g/mol. The topological polar surface area (TPSA) is 57.6 Å². The molecule has 0 aliphatic rings. The maximum absolute atomic E-state index is 11.7. The number of rotatable bonds is 6. The monoisotopic (exact) mass is 215 g/mol. The third-order valence-corrected chi connectivity index (χ3v) is 1.99. The number of amides is 1. The molecule has 0 radical (unpaired) electrons. The van der Waals surface area contributed by atoms with E-state index in [-0.39, 0.29) is 18.2 Å². The van der Waals surface area contributed by atoms with Gasteiger partial charge in [-0.3, -0.25) is 9.59 Å². The largest absolute Gasteiger partial charge is 0.481 e. The summed E-state index contributed by atoms with van der Waals surface area (Å²) in [5.74, 6) is -0.538. The molecule has 1 N–H and O–H groups in total. The van der Waals surface area contributed by atoms with Gasteiger partial charge in [0.05, 0.1) is 6.42 Å². The lowest BCUT2D eigenvalue weighted by Crippen LogP contribution is -2.38. The Kier molecular flexibility index (Phi) is 5.97. The molecule has 0 spiro atoms. The number of aliphatic carboxylic acids is 1. The summed E-state index contributed by atoms with van der Waals surface area (Å²) >= 11 is 0. The fraction of sp³-hybridized carbons (Fsp3) is 0.818. The van der Waals surface area contributed by atoms with Crippen LogP contribution in [0.15, 0.2) is 0 Å². The van der Waals surface area contributed by atoms with Crippen molar-refractivity contribution in [2.24, 2.45) is 11.8 Å². The van der Waals surface area contributed by atoms with Gasteiger partial charge in [-0.1, -0.05) is 27.7 Å². The molecule has 0 heterocycles. The summed E-state index contributed by atoms with van der Waals surface area (Å²) in [6.07, 6.45) is 0.0190. The molecule has 0 saturated carbocycles. The van der Waals surface area contributed by atoms with Crippen LogP contribution in [0.5, 0.6) is 0 Å². The number of carboxylic acids is 1. The van der Waals surface area contributed by atoms with Gasteiger partial charge in [0, 0.05) is 19.0 Å². The summed E-state index contributed by atoms with van der Waals surface area (Å²) in [6.45, 7) is 8.63. The van der Waals surface area contributed by atoms with Crippen molar-refractivity contribution in [1.82, 2.24) is 4.90 Å². The van der Waals surface area contributed by atoms with Gasteiger partial charge in [-0.2, -0.15) is 0 Å². The van der Waals surface area contributed by atoms with E-state index in [9.17, 15) is 9.59 Å². The minimum absolute atomic E-state index is 0.0190. The fourth-order valence-corrected chi connectivity index (χ4v) is 1.33. The minimum atomic E-state index is -0.861. The summed E-state index contributed by atoms with van der Waals surface area (Å²) in [7, 11) is 0. The molecule has 0 fully saturated rings. The molecule has 0 unspecified atom stereocenters. The van der Waals surface area contributed by atoms with Crippen LogP contribution in [0.4, 0.5) is 0 Å². The second kappa shape index (κ2) is 6.43. The van der Waals surface area contributed by atoms with Gasteiger partial charge in [0.1, 0.15) is 0 Å². The van der Waals surface area contributed by atoms with E-state index in [0.717, 1.165) is 0 Å². The first-order valence-corrected chi connectivity index (χ1v) is 5.35. The Hall–Kier alpha value is -1.06. The summed E-state index contributed by atoms with van der Waals surface area (Å²) in [4.78, 5) is 23.8. The highest BCUT2D eigenvalue weighted by Gasteiger charge is 2.18. The SMILES string of the molecule is CC(C)CN(CCC(=O)O)C(=O)C(C)C. The van der Waals surface area contributed by atoms with Gasteiger partial charge in [-0.05, 0) is 5.92 Å². The third-order valence-electron chi connectivity index (χ3n) is 1.99. The van der Waals surface area contributed by atoms with E-state index in [4.69, 9.17) is 5.11 Å². The van der Waals surface area contributed by atoms with Crippen LogP contribution in [0.1, 0.15) is 34.1 Å². The quantitative estimate of drug-likeness (QED) is 0.732. The van der Waals surface area contributed by atoms with Gasteiger partial charge in [0.15, 0.2) is 0 Å². The molecule has 0 aliphatic carbocycles. The fourth-order valence-electron chi connectivity index (χ4n) is 1.33. The van der Waals surface area contributed by atoms with E-state index < -0.39 is 5.97 Å². The highest BCUT2D eigenvalue weighted by atomic mass is 16.4. The van der Waals surface area contributed by atoms with Crippen molar-refractivity contribution in [2.75, 3.05) is 13.1 Å². The smallest absolute Gasteiger partial charge is 0.305 e. The van der Waals surface area contributed by atoms with Crippen molar-refractivity contribution < 1.29 is 14.7 Å². The Morgan fingerprint density at radius 2 is 1.73 bits per heavy atom. The van der Waals surface area contributed by atoms with Gasteiger partial charge < -0.3 is 10.0 Å². The Balaban J connectivity index is 4.30. The first kappa shape index (κ1) is 13.9. The van der Waals surface area contributed by atoms with Crippen molar-refractivity contribution in [3.05, 3.63) is 0 Å². The Morgan fingerprint density at radius 3 is 2.07 bits per heavy atom. The summed E-state index contributed by atoms with van der Waals surface area (Å²) in [5, 5.41) is 8.58. The zero-order valence-electron chi connectivity index (χ0n) is 9.99. The molecule has 0 aliphatic heterocycles. The number of hydrogen-bond acceptors (Lipinski definition) is 2. The summed E-state index contributed by atoms with van der Waals surface area (Å²) < 4.78 is 0. The Bertz CT molecular complexity index is 224. The first-order valence-electron chi connectivity index (χ1n) is 5.35. The third kappa shape index (κ3) is 6.10. The van der Waals surface area contributed by atoms with E-state index in [2.05, 4.69) is 0 Å². The number of hydrogen-bond donors (Lipinski definition) is 1. The number of carbonyl (C=O) groups is 2. The van der Waals surface area contributed by atoms with E-state index in [0.29, 0.717) is 19.0 Å². The summed E-state index contributed by atoms with van der Waals surface area (Å²) in [6, 6.07) is 0. The molecule has 0 rings (SSSR count). The van der Waals surface area contributed by atoms with Crippen molar-refractivity contribution >= 4 is 11.9 Å². The Labute approximate surface area is 91.3 Å². The van der Waals surface area contributed by atoms with E-state index >= 15 is 0 Å². The first-order chi connectivity index (χ1) is 6.84. The van der Waals surface area contributed by atoms with E-state index in [1.54, 1.807) is 4.90 Å². The van der Waals surface area contributed by atoms with Crippen LogP contribution in [0, 0.1) is 11.8 Å². The predicted molar refractivity (Wildman–Crippen MR) is 58.5 cm³/mol. The molecular weight excluding hydrogens is 194 g/mol. The van der Waals surface area contributed by atoms with Crippen LogP contribution < -0.4 is 0 Å². The van der Waals surface area contributed by atoms with Crippen LogP contribution >= 0.6 is 0 Å². The van der Waals surface area contributed by atoms with E-state index in [1.807, 2.05) is 27.7 Å². The number of carboxylic acid groups (broad SMARTS) is 1. The summed E-state index contributed by atoms with van der Waals surface area (Å²) in [5.41, 5.74) is 0. The van der Waals surface area contributed by atoms with Crippen LogP contribution in [0.2, 0.25) is 0 Å². The molecule has 88 valence electrons. The molecular formula is C11H21NO3. The lowest BCUT2D eigenvalue weighted by Gasteiger charge is -2.25. The molecule has 4 heteroatoms. The van der Waals surface area contributed by atoms with E-state index in [1.165, 1.54) is 0 Å². The average Bonchev–Trinajstić information content (AvgIpc) is 2.10. The molecule has 4 nitrogen and oxygen atoms in total. The molecule has 0 saturated heterocycles. The maximum Gasteiger partial charge on any atom is 0.305 e. The molecule has 0 aromatic carbocycles. The molecule has 0 aromatic heterocycles. The molecule has 15 heavy (non-hydrogen) atoms. The van der Waals surface area contributed by atoms with Crippen molar-refractivity contribution in [1.29, 1.82) is 0 Å². The van der Waals surface area contributed by atoms with Crippen molar-refractivity contribution in [3.63, 3.8) is 0 Å². The van der Waals surface area contributed by atoms with Crippen LogP contribution in [-0.2, 0) is 9.59 Å². The van der Waals surface area contributed by atoms with Gasteiger partial charge in [-0.15, -0.1) is 0 Å². The van der Waals surface area contributed by atoms with Crippen LogP contribution in [0.3, 0.4) is 0 Å². The van der Waals surface area contributed by atoms with Gasteiger partial charge in [0.2, 0.25) is 5.91 Å². The van der Waals surface area contributed by atoms with Crippen LogP contribution in [-0.4, -0.2) is 35.0 Å². The standard InChI is InChI=1S/C11H21NO3/c1-8(2)7-12(6-5-10(13)14)11(15)9(3)4/h8-9H,5-7H2,1-4H3,(H,13,14). The zero-order chi connectivity index (χ0) is 12.0.